The van der Waals surface area contributed by atoms with Gasteiger partial charge >= 0.3 is 0 Å². The summed E-state index contributed by atoms with van der Waals surface area (Å²) in [5.74, 6) is 0.528. The second kappa shape index (κ2) is 11.0. The van der Waals surface area contributed by atoms with E-state index in [0.29, 0.717) is 22.7 Å². The van der Waals surface area contributed by atoms with Gasteiger partial charge in [0, 0.05) is 30.0 Å². The van der Waals surface area contributed by atoms with Crippen LogP contribution in [0.3, 0.4) is 0 Å². The van der Waals surface area contributed by atoms with E-state index in [1.807, 2.05) is 6.07 Å². The van der Waals surface area contributed by atoms with Crippen molar-refractivity contribution < 1.29 is 19.2 Å². The molecule has 2 heterocycles. The van der Waals surface area contributed by atoms with Crippen molar-refractivity contribution in [3.63, 3.8) is 0 Å². The van der Waals surface area contributed by atoms with Crippen LogP contribution in [0.15, 0.2) is 30.3 Å². The third-order valence-electron chi connectivity index (χ3n) is 6.58. The summed E-state index contributed by atoms with van der Waals surface area (Å²) in [6.07, 6.45) is 1.75. The van der Waals surface area contributed by atoms with Gasteiger partial charge in [-0.1, -0.05) is 6.07 Å². The van der Waals surface area contributed by atoms with Gasteiger partial charge in [-0.25, -0.2) is 9.97 Å². The fourth-order valence-corrected chi connectivity index (χ4v) is 4.94. The van der Waals surface area contributed by atoms with E-state index in [2.05, 4.69) is 20.6 Å². The number of methoxy groups -OCH3 is 2. The maximum atomic E-state index is 13.1. The van der Waals surface area contributed by atoms with E-state index in [1.165, 1.54) is 12.1 Å². The Hall–Kier alpha value is -3.50. The smallest absolute Gasteiger partial charge is 0.282 e. The van der Waals surface area contributed by atoms with Crippen molar-refractivity contribution in [1.29, 1.82) is 0 Å². The molecule has 4 rings (SSSR count). The number of nitro groups is 1. The Labute approximate surface area is 213 Å². The molecule has 3 aromatic rings. The number of amides is 1. The Morgan fingerprint density at radius 2 is 1.89 bits per heavy atom. The third-order valence-corrected chi connectivity index (χ3v) is 6.75. The van der Waals surface area contributed by atoms with Crippen LogP contribution in [0.1, 0.15) is 40.4 Å². The second-order valence-corrected chi connectivity index (χ2v) is 9.12. The first-order valence-electron chi connectivity index (χ1n) is 11.7. The number of rotatable bonds is 8. The van der Waals surface area contributed by atoms with Gasteiger partial charge in [0.2, 0.25) is 5.28 Å². The highest BCUT2D eigenvalue weighted by atomic mass is 35.5. The lowest BCUT2D eigenvalue weighted by atomic mass is 9.81. The number of carbonyl (C=O) groups is 1. The molecule has 10 nitrogen and oxygen atoms in total. The number of aryl methyl sites for hydroxylation is 1. The highest BCUT2D eigenvalue weighted by Crippen LogP contribution is 2.38. The number of hydrogen-bond acceptors (Lipinski definition) is 8. The van der Waals surface area contributed by atoms with Crippen molar-refractivity contribution in [1.82, 2.24) is 20.6 Å². The molecule has 1 aliphatic heterocycles. The summed E-state index contributed by atoms with van der Waals surface area (Å²) in [4.78, 5) is 33.1. The zero-order valence-electron chi connectivity index (χ0n) is 20.3. The Morgan fingerprint density at radius 3 is 2.56 bits per heavy atom. The van der Waals surface area contributed by atoms with E-state index in [4.69, 9.17) is 21.1 Å². The van der Waals surface area contributed by atoms with Gasteiger partial charge in [0.25, 0.3) is 11.6 Å². The molecule has 1 saturated heterocycles. The van der Waals surface area contributed by atoms with Gasteiger partial charge in [-0.3, -0.25) is 14.9 Å². The topological polar surface area (TPSA) is 129 Å². The first-order chi connectivity index (χ1) is 17.3. The maximum Gasteiger partial charge on any atom is 0.282 e. The number of nitrogens with one attached hydrogen (secondary N) is 2. The molecule has 2 aromatic carbocycles. The van der Waals surface area contributed by atoms with Crippen LogP contribution in [0.4, 0.5) is 5.69 Å². The molecule has 1 aliphatic rings. The lowest BCUT2D eigenvalue weighted by Gasteiger charge is -2.31. The number of halogens is 1. The Balaban J connectivity index is 1.74. The van der Waals surface area contributed by atoms with Gasteiger partial charge in [0.05, 0.1) is 30.4 Å². The minimum atomic E-state index is -0.546. The van der Waals surface area contributed by atoms with Gasteiger partial charge in [0.15, 0.2) is 11.5 Å². The van der Waals surface area contributed by atoms with Crippen LogP contribution in [-0.2, 0) is 0 Å². The van der Waals surface area contributed by atoms with E-state index in [0.717, 1.165) is 36.9 Å². The molecule has 190 valence electrons. The number of fused-ring (bicyclic) bond motifs is 1. The number of piperidine rings is 1. The number of aromatic nitrogens is 2. The highest BCUT2D eigenvalue weighted by Gasteiger charge is 2.30. The number of carbonyl (C=O) groups excluding carboxylic acids is 1. The van der Waals surface area contributed by atoms with E-state index in [-0.39, 0.29) is 34.9 Å². The van der Waals surface area contributed by atoms with Crippen molar-refractivity contribution in [3.8, 4) is 11.5 Å². The minimum Gasteiger partial charge on any atom is -0.493 e. The van der Waals surface area contributed by atoms with Crippen molar-refractivity contribution >= 4 is 34.1 Å². The predicted molar refractivity (Wildman–Crippen MR) is 136 cm³/mol. The monoisotopic (exact) mass is 513 g/mol. The van der Waals surface area contributed by atoms with Crippen molar-refractivity contribution in [2.45, 2.75) is 25.7 Å². The van der Waals surface area contributed by atoms with Gasteiger partial charge in [-0.2, -0.15) is 0 Å². The first kappa shape index (κ1) is 25.6. The van der Waals surface area contributed by atoms with E-state index >= 15 is 0 Å². The molecule has 1 unspecified atom stereocenters. The molecule has 0 radical (unpaired) electrons. The molecule has 36 heavy (non-hydrogen) atoms. The number of benzene rings is 2. The molecule has 1 atom stereocenters. The normalized spacial score (nSPS) is 14.9. The molecule has 1 amide bonds. The van der Waals surface area contributed by atoms with Crippen LogP contribution < -0.4 is 20.1 Å². The molecule has 1 fully saturated rings. The number of ether oxygens (including phenoxy) is 2. The average Bonchev–Trinajstić information content (AvgIpc) is 2.88. The molecule has 0 bridgehead atoms. The van der Waals surface area contributed by atoms with Gasteiger partial charge in [-0.15, -0.1) is 0 Å². The van der Waals surface area contributed by atoms with Crippen molar-refractivity contribution in [2.75, 3.05) is 33.9 Å². The fraction of sp³-hybridized carbons (Fsp3) is 0.400. The lowest BCUT2D eigenvalue weighted by Crippen LogP contribution is -2.37. The van der Waals surface area contributed by atoms with E-state index in [9.17, 15) is 14.9 Å². The van der Waals surface area contributed by atoms with Gasteiger partial charge in [0.1, 0.15) is 5.56 Å². The summed E-state index contributed by atoms with van der Waals surface area (Å²) in [6, 6.07) is 8.07. The fourth-order valence-electron chi connectivity index (χ4n) is 4.75. The standard InChI is InChI=1S/C25H28ClN5O5/c1-14-4-5-20(31(33)34)17(10-14)24(32)28-13-18(15-6-8-27-9-7-15)23-16-11-21(35-2)22(36-3)12-19(16)29-25(26)30-23/h4-5,10-12,15,18,27H,6-9,13H2,1-3H3,(H,28,32). The largest absolute Gasteiger partial charge is 0.493 e. The summed E-state index contributed by atoms with van der Waals surface area (Å²) in [7, 11) is 3.10. The lowest BCUT2D eigenvalue weighted by molar-refractivity contribution is -0.385. The molecule has 1 aromatic heterocycles. The summed E-state index contributed by atoms with van der Waals surface area (Å²) < 4.78 is 10.9. The molecular weight excluding hydrogens is 486 g/mol. The predicted octanol–water partition coefficient (Wildman–Crippen LogP) is 4.03. The SMILES string of the molecule is COc1cc2nc(Cl)nc(C(CNC(=O)c3cc(C)ccc3[N+](=O)[O-])C3CCNCC3)c2cc1OC. The third kappa shape index (κ3) is 5.34. The van der Waals surface area contributed by atoms with Crippen molar-refractivity contribution in [3.05, 3.63) is 62.6 Å². The van der Waals surface area contributed by atoms with Crippen molar-refractivity contribution in [2.24, 2.45) is 5.92 Å². The number of nitro benzene ring substituents is 1. The summed E-state index contributed by atoms with van der Waals surface area (Å²) in [6.45, 7) is 3.69. The van der Waals surface area contributed by atoms with Gasteiger partial charge < -0.3 is 20.1 Å². The Morgan fingerprint density at radius 1 is 1.19 bits per heavy atom. The molecule has 11 heteroatoms. The molecule has 2 N–H and O–H groups in total. The summed E-state index contributed by atoms with van der Waals surface area (Å²) >= 11 is 6.34. The maximum absolute atomic E-state index is 13.1. The highest BCUT2D eigenvalue weighted by molar-refractivity contribution is 6.28. The number of nitrogens with zero attached hydrogens (tertiary/aromatic N) is 3. The van der Waals surface area contributed by atoms with E-state index in [1.54, 1.807) is 33.3 Å². The van der Waals surface area contributed by atoms with Crippen LogP contribution in [0.2, 0.25) is 5.28 Å². The van der Waals surface area contributed by atoms with Crippen LogP contribution in [0.25, 0.3) is 10.9 Å². The minimum absolute atomic E-state index is 0.0287. The first-order valence-corrected chi connectivity index (χ1v) is 12.0. The second-order valence-electron chi connectivity index (χ2n) is 8.78. The summed E-state index contributed by atoms with van der Waals surface area (Å²) in [5.41, 5.74) is 1.85. The van der Waals surface area contributed by atoms with Gasteiger partial charge in [-0.05, 0) is 68.1 Å². The van der Waals surface area contributed by atoms with Crippen LogP contribution in [-0.4, -0.2) is 54.7 Å². The Kier molecular flexibility index (Phi) is 7.85. The quantitative estimate of drug-likeness (QED) is 0.262. The van der Waals surface area contributed by atoms with E-state index < -0.39 is 10.8 Å². The van der Waals surface area contributed by atoms with Crippen LogP contribution >= 0.6 is 11.6 Å². The molecule has 0 saturated carbocycles. The average molecular weight is 514 g/mol. The van der Waals surface area contributed by atoms with Crippen LogP contribution in [0.5, 0.6) is 11.5 Å². The zero-order chi connectivity index (χ0) is 25.8. The molecular formula is C25H28ClN5O5. The Bertz CT molecular complexity index is 1300. The zero-order valence-corrected chi connectivity index (χ0v) is 21.1. The molecule has 0 aliphatic carbocycles. The molecule has 0 spiro atoms. The number of hydrogen-bond donors (Lipinski definition) is 2. The summed E-state index contributed by atoms with van der Waals surface area (Å²) in [5, 5.41) is 18.6. The van der Waals surface area contributed by atoms with Crippen LogP contribution in [0, 0.1) is 23.0 Å².